The maximum absolute atomic E-state index is 12.5. The summed E-state index contributed by atoms with van der Waals surface area (Å²) in [6.45, 7) is 5.16. The zero-order valence-corrected chi connectivity index (χ0v) is 18.7. The quantitative estimate of drug-likeness (QED) is 0.332. The molecule has 2 aromatic rings. The van der Waals surface area contributed by atoms with Gasteiger partial charge in [0, 0.05) is 18.9 Å². The predicted octanol–water partition coefficient (Wildman–Crippen LogP) is 6.35. The van der Waals surface area contributed by atoms with Crippen LogP contribution in [0.3, 0.4) is 0 Å². The van der Waals surface area contributed by atoms with E-state index in [4.69, 9.17) is 27.9 Å². The molecule has 1 radical (unpaired) electrons. The number of unbranched alkanes of at least 4 members (excludes halogenated alkanes) is 1. The van der Waals surface area contributed by atoms with Crippen molar-refractivity contribution in [3.63, 3.8) is 0 Å². The number of carbonyl (C=O) groups excluding carboxylic acids is 1. The number of hydrogen-bond acceptors (Lipinski definition) is 2. The molecular formula is C21H25Cl2LiO2P. The SMILES string of the molecule is CCCCC(CC)COc1ccc(PC(=O)c2c(Cl)cccc2Cl)cc1.[Li]. The molecule has 0 spiro atoms. The van der Waals surface area contributed by atoms with Gasteiger partial charge in [-0.05, 0) is 50.5 Å². The van der Waals surface area contributed by atoms with E-state index < -0.39 is 0 Å². The Morgan fingerprint density at radius 3 is 2.26 bits per heavy atom. The molecule has 6 heteroatoms. The van der Waals surface area contributed by atoms with E-state index in [-0.39, 0.29) is 33.0 Å². The molecule has 2 atom stereocenters. The fourth-order valence-electron chi connectivity index (χ4n) is 2.66. The van der Waals surface area contributed by atoms with Crippen LogP contribution in [0.4, 0.5) is 0 Å². The molecule has 2 unspecified atom stereocenters. The molecule has 0 aliphatic heterocycles. The Morgan fingerprint density at radius 2 is 1.70 bits per heavy atom. The van der Waals surface area contributed by atoms with E-state index >= 15 is 0 Å². The average Bonchev–Trinajstić information content (AvgIpc) is 2.63. The summed E-state index contributed by atoms with van der Waals surface area (Å²) >= 11 is 12.2. The molecule has 2 rings (SSSR count). The zero-order valence-electron chi connectivity index (χ0n) is 16.2. The summed E-state index contributed by atoms with van der Waals surface area (Å²) in [6.07, 6.45) is 4.80. The van der Waals surface area contributed by atoms with E-state index in [0.29, 0.717) is 21.5 Å². The molecule has 0 heterocycles. The third-order valence-electron chi connectivity index (χ3n) is 4.33. The molecule has 141 valence electrons. The molecule has 27 heavy (non-hydrogen) atoms. The molecule has 0 aromatic heterocycles. The van der Waals surface area contributed by atoms with E-state index in [0.717, 1.165) is 24.1 Å². The van der Waals surface area contributed by atoms with Gasteiger partial charge in [-0.2, -0.15) is 0 Å². The van der Waals surface area contributed by atoms with Gasteiger partial charge in [0.1, 0.15) is 5.75 Å². The Balaban J connectivity index is 0.00000364. The molecule has 0 bridgehead atoms. The Hall–Kier alpha value is -0.483. The molecule has 0 aliphatic rings. The van der Waals surface area contributed by atoms with Crippen LogP contribution in [-0.4, -0.2) is 31.0 Å². The molecule has 0 amide bonds. The van der Waals surface area contributed by atoms with Crippen molar-refractivity contribution in [2.75, 3.05) is 6.61 Å². The van der Waals surface area contributed by atoms with Crippen molar-refractivity contribution < 1.29 is 9.53 Å². The summed E-state index contributed by atoms with van der Waals surface area (Å²) in [4.78, 5) is 12.5. The van der Waals surface area contributed by atoms with Crippen molar-refractivity contribution in [3.05, 3.63) is 58.1 Å². The number of benzene rings is 2. The van der Waals surface area contributed by atoms with Crippen LogP contribution in [0.25, 0.3) is 0 Å². The fourth-order valence-corrected chi connectivity index (χ4v) is 4.37. The van der Waals surface area contributed by atoms with Crippen molar-refractivity contribution in [1.29, 1.82) is 0 Å². The van der Waals surface area contributed by atoms with Crippen LogP contribution in [0.1, 0.15) is 49.9 Å². The molecule has 2 nitrogen and oxygen atoms in total. The van der Waals surface area contributed by atoms with Gasteiger partial charge in [0.2, 0.25) is 0 Å². The summed E-state index contributed by atoms with van der Waals surface area (Å²) in [5.41, 5.74) is 0.344. The molecule has 0 fully saturated rings. The molecule has 0 saturated carbocycles. The Morgan fingerprint density at radius 1 is 1.07 bits per heavy atom. The first-order valence-electron chi connectivity index (χ1n) is 9.03. The zero-order chi connectivity index (χ0) is 18.9. The van der Waals surface area contributed by atoms with Gasteiger partial charge in [0.15, 0.2) is 5.52 Å². The topological polar surface area (TPSA) is 26.3 Å². The second-order valence-corrected chi connectivity index (χ2v) is 8.40. The first kappa shape index (κ1) is 24.6. The third-order valence-corrected chi connectivity index (χ3v) is 6.06. The molecule has 0 saturated heterocycles. The van der Waals surface area contributed by atoms with Crippen molar-refractivity contribution >= 4 is 61.5 Å². The minimum absolute atomic E-state index is 0. The molecule has 2 aromatic carbocycles. The Kier molecular flexibility index (Phi) is 11.7. The number of hydrogen-bond donors (Lipinski definition) is 0. The fraction of sp³-hybridized carbons (Fsp3) is 0.381. The Labute approximate surface area is 186 Å². The van der Waals surface area contributed by atoms with Crippen molar-refractivity contribution in [2.24, 2.45) is 5.92 Å². The van der Waals surface area contributed by atoms with Crippen LogP contribution in [0, 0.1) is 5.92 Å². The van der Waals surface area contributed by atoms with Gasteiger partial charge in [-0.15, -0.1) is 0 Å². The van der Waals surface area contributed by atoms with Gasteiger partial charge in [0.05, 0.1) is 22.2 Å². The average molecular weight is 418 g/mol. The number of carbonyl (C=O) groups is 1. The summed E-state index contributed by atoms with van der Waals surface area (Å²) in [5, 5.41) is 1.73. The summed E-state index contributed by atoms with van der Waals surface area (Å²) in [5.74, 6) is 1.44. The standard InChI is InChI=1S/C21H25Cl2O2P.Li/c1-3-5-7-15(4-2)14-25-16-10-12-17(13-11-16)26-21(24)20-18(22)8-6-9-19(20)23;/h6,8-13,15,26H,3-5,7,14H2,1-2H3;. The summed E-state index contributed by atoms with van der Waals surface area (Å²) in [7, 11) is -0.0212. The van der Waals surface area contributed by atoms with E-state index in [1.807, 2.05) is 24.3 Å². The summed E-state index contributed by atoms with van der Waals surface area (Å²) in [6, 6.07) is 12.8. The van der Waals surface area contributed by atoms with E-state index in [2.05, 4.69) is 13.8 Å². The molecular weight excluding hydrogens is 393 g/mol. The number of rotatable bonds is 10. The van der Waals surface area contributed by atoms with Crippen LogP contribution in [-0.2, 0) is 0 Å². The predicted molar refractivity (Wildman–Crippen MR) is 120 cm³/mol. The minimum atomic E-state index is -0.0557. The largest absolute Gasteiger partial charge is 0.493 e. The smallest absolute Gasteiger partial charge is 0.188 e. The molecule has 0 aliphatic carbocycles. The van der Waals surface area contributed by atoms with Crippen LogP contribution >= 0.6 is 31.8 Å². The first-order valence-corrected chi connectivity index (χ1v) is 10.8. The van der Waals surface area contributed by atoms with Gasteiger partial charge in [-0.3, -0.25) is 4.79 Å². The summed E-state index contributed by atoms with van der Waals surface area (Å²) < 4.78 is 5.91. The maximum Gasteiger partial charge on any atom is 0.188 e. The monoisotopic (exact) mass is 417 g/mol. The van der Waals surface area contributed by atoms with Crippen LogP contribution in [0.2, 0.25) is 10.0 Å². The van der Waals surface area contributed by atoms with E-state index in [1.165, 1.54) is 19.3 Å². The third kappa shape index (κ3) is 7.81. The van der Waals surface area contributed by atoms with Crippen LogP contribution in [0.15, 0.2) is 42.5 Å². The van der Waals surface area contributed by atoms with Gasteiger partial charge in [0.25, 0.3) is 0 Å². The number of ether oxygens (including phenoxy) is 1. The molecule has 0 N–H and O–H groups in total. The van der Waals surface area contributed by atoms with Gasteiger partial charge in [-0.25, -0.2) is 0 Å². The van der Waals surface area contributed by atoms with Crippen molar-refractivity contribution in [2.45, 2.75) is 39.5 Å². The normalized spacial score (nSPS) is 12.0. The van der Waals surface area contributed by atoms with Gasteiger partial charge < -0.3 is 4.74 Å². The van der Waals surface area contributed by atoms with Crippen molar-refractivity contribution in [3.8, 4) is 5.75 Å². The van der Waals surface area contributed by atoms with E-state index in [9.17, 15) is 4.79 Å². The first-order chi connectivity index (χ1) is 12.5. The second-order valence-electron chi connectivity index (χ2n) is 6.30. The van der Waals surface area contributed by atoms with Crippen molar-refractivity contribution in [1.82, 2.24) is 0 Å². The van der Waals surface area contributed by atoms with Crippen LogP contribution < -0.4 is 10.0 Å². The van der Waals surface area contributed by atoms with Gasteiger partial charge >= 0.3 is 0 Å². The van der Waals surface area contributed by atoms with E-state index in [1.54, 1.807) is 18.2 Å². The Bertz CT molecular complexity index is 702. The minimum Gasteiger partial charge on any atom is -0.493 e. The number of halogens is 2. The maximum atomic E-state index is 12.5. The van der Waals surface area contributed by atoms with Gasteiger partial charge in [-0.1, -0.05) is 74.5 Å². The van der Waals surface area contributed by atoms with Crippen LogP contribution in [0.5, 0.6) is 5.75 Å². The second kappa shape index (κ2) is 12.9.